The fourth-order valence-corrected chi connectivity index (χ4v) is 14.6. The van der Waals surface area contributed by atoms with Crippen LogP contribution in [0.25, 0.3) is 10.9 Å². The zero-order valence-electron chi connectivity index (χ0n) is 36.1. The average Bonchev–Trinajstić information content (AvgIpc) is 3.21. The van der Waals surface area contributed by atoms with E-state index in [-0.39, 0.29) is 33.5 Å². The van der Waals surface area contributed by atoms with E-state index in [1.54, 1.807) is 5.57 Å². The number of allylic oxidation sites excluding steroid dienone is 2. The van der Waals surface area contributed by atoms with Crippen LogP contribution in [0.3, 0.4) is 0 Å². The molecule has 6 aliphatic rings. The van der Waals surface area contributed by atoms with E-state index in [0.717, 1.165) is 95.4 Å². The van der Waals surface area contributed by atoms with Gasteiger partial charge in [-0.05, 0) is 127 Å². The third kappa shape index (κ3) is 6.07. The van der Waals surface area contributed by atoms with Gasteiger partial charge in [-0.25, -0.2) is 0 Å². The summed E-state index contributed by atoms with van der Waals surface area (Å²) in [5.41, 5.74) is 7.70. The van der Waals surface area contributed by atoms with E-state index < -0.39 is 5.41 Å². The van der Waals surface area contributed by atoms with Crippen LogP contribution in [0.4, 0.5) is 5.69 Å². The number of ether oxygens (including phenoxy) is 2. The second kappa shape index (κ2) is 14.5. The molecule has 1 saturated heterocycles. The van der Waals surface area contributed by atoms with Gasteiger partial charge in [-0.2, -0.15) is 0 Å². The highest BCUT2D eigenvalue weighted by Crippen LogP contribution is 2.75. The Morgan fingerprint density at radius 2 is 1.67 bits per heavy atom. The molecular formula is C51H69N3O3. The number of esters is 1. The first-order valence-electron chi connectivity index (χ1n) is 22.7. The minimum atomic E-state index is -0.433. The number of nitrogens with one attached hydrogen (secondary N) is 1. The second-order valence-corrected chi connectivity index (χ2v) is 20.8. The zero-order valence-corrected chi connectivity index (χ0v) is 36.1. The van der Waals surface area contributed by atoms with E-state index in [4.69, 9.17) is 14.5 Å². The Hall–Kier alpha value is -3.22. The molecule has 0 unspecified atom stereocenters. The van der Waals surface area contributed by atoms with Gasteiger partial charge >= 0.3 is 5.97 Å². The predicted molar refractivity (Wildman–Crippen MR) is 231 cm³/mol. The monoisotopic (exact) mass is 772 g/mol. The Morgan fingerprint density at radius 3 is 2.46 bits per heavy atom. The summed E-state index contributed by atoms with van der Waals surface area (Å²) in [6, 6.07) is 19.1. The van der Waals surface area contributed by atoms with Gasteiger partial charge in [-0.15, -0.1) is 0 Å². The normalized spacial score (nSPS) is 37.1. The minimum absolute atomic E-state index is 0.0374. The van der Waals surface area contributed by atoms with Crippen molar-refractivity contribution in [1.29, 1.82) is 0 Å². The van der Waals surface area contributed by atoms with E-state index in [1.165, 1.54) is 35.2 Å². The van der Waals surface area contributed by atoms with Crippen LogP contribution in [-0.2, 0) is 32.7 Å². The SMILES string of the molecule is C[C@@H]1[C@H]2C3=CC[C@H]4[C@]5(C)Cc6c(nc7ccccc7c6NCCCN6CCOCC6)C(C)(C)[C@H]5CC[C@]4(C)[C@]3(C)CC[C@@]2(C(=O)OCc2ccccc2)CC[C@@H]1C. The van der Waals surface area contributed by atoms with Crippen LogP contribution in [0.5, 0.6) is 0 Å². The quantitative estimate of drug-likeness (QED) is 0.140. The fraction of sp³-hybridized carbons (Fsp3) is 0.647. The molecule has 3 aromatic rings. The highest BCUT2D eigenvalue weighted by atomic mass is 16.5. The third-order valence-electron chi connectivity index (χ3n) is 18.0. The molecule has 0 bridgehead atoms. The topological polar surface area (TPSA) is 63.7 Å². The Morgan fingerprint density at radius 1 is 0.912 bits per heavy atom. The molecule has 0 spiro atoms. The van der Waals surface area contributed by atoms with Crippen LogP contribution < -0.4 is 5.32 Å². The number of aromatic nitrogens is 1. The van der Waals surface area contributed by atoms with E-state index in [1.807, 2.05) is 18.2 Å². The highest BCUT2D eigenvalue weighted by Gasteiger charge is 2.69. The van der Waals surface area contributed by atoms with Crippen LogP contribution in [0, 0.1) is 51.2 Å². The number of carbonyl (C=O) groups excluding carboxylic acids is 1. The molecule has 1 N–H and O–H groups in total. The molecule has 0 radical (unpaired) electrons. The van der Waals surface area contributed by atoms with Crippen molar-refractivity contribution >= 4 is 22.6 Å². The smallest absolute Gasteiger partial charge is 0.313 e. The number of benzene rings is 2. The average molecular weight is 772 g/mol. The fourth-order valence-electron chi connectivity index (χ4n) is 14.6. The van der Waals surface area contributed by atoms with Gasteiger partial charge in [-0.1, -0.05) is 109 Å². The van der Waals surface area contributed by atoms with Crippen molar-refractivity contribution in [3.05, 3.63) is 83.1 Å². The first-order valence-corrected chi connectivity index (χ1v) is 22.7. The Kier molecular flexibility index (Phi) is 9.99. The number of rotatable bonds is 8. The number of para-hydroxylation sites is 1. The summed E-state index contributed by atoms with van der Waals surface area (Å²) in [4.78, 5) is 22.7. The Labute approximate surface area is 343 Å². The molecule has 306 valence electrons. The van der Waals surface area contributed by atoms with Crippen molar-refractivity contribution in [3.63, 3.8) is 0 Å². The maximum Gasteiger partial charge on any atom is 0.313 e. The first-order chi connectivity index (χ1) is 27.3. The molecule has 6 heteroatoms. The van der Waals surface area contributed by atoms with Gasteiger partial charge in [0.25, 0.3) is 0 Å². The number of hydrogen-bond acceptors (Lipinski definition) is 6. The summed E-state index contributed by atoms with van der Waals surface area (Å²) >= 11 is 0. The van der Waals surface area contributed by atoms with Crippen molar-refractivity contribution in [1.82, 2.24) is 9.88 Å². The third-order valence-corrected chi connectivity index (χ3v) is 18.0. The van der Waals surface area contributed by atoms with E-state index in [2.05, 4.69) is 101 Å². The van der Waals surface area contributed by atoms with Crippen molar-refractivity contribution < 1.29 is 14.3 Å². The molecule has 2 aromatic carbocycles. The second-order valence-electron chi connectivity index (χ2n) is 20.8. The summed E-state index contributed by atoms with van der Waals surface area (Å²) in [7, 11) is 0. The minimum Gasteiger partial charge on any atom is -0.460 e. The van der Waals surface area contributed by atoms with Crippen molar-refractivity contribution in [3.8, 4) is 0 Å². The summed E-state index contributed by atoms with van der Waals surface area (Å²) in [6.45, 7) is 24.1. The van der Waals surface area contributed by atoms with Crippen LogP contribution in [0.15, 0.2) is 66.2 Å². The van der Waals surface area contributed by atoms with Crippen molar-refractivity contribution in [2.75, 3.05) is 44.7 Å². The summed E-state index contributed by atoms with van der Waals surface area (Å²) in [6.07, 6.45) is 12.5. The van der Waals surface area contributed by atoms with Crippen LogP contribution in [0.2, 0.25) is 0 Å². The van der Waals surface area contributed by atoms with E-state index in [0.29, 0.717) is 30.3 Å². The molecule has 1 aliphatic heterocycles. The lowest BCUT2D eigenvalue weighted by atomic mass is 9.33. The predicted octanol–water partition coefficient (Wildman–Crippen LogP) is 10.8. The lowest BCUT2D eigenvalue weighted by Crippen LogP contribution is -2.65. The molecular weight excluding hydrogens is 703 g/mol. The summed E-state index contributed by atoms with van der Waals surface area (Å²) < 4.78 is 11.9. The van der Waals surface area contributed by atoms with E-state index >= 15 is 0 Å². The van der Waals surface area contributed by atoms with Gasteiger partial charge in [0.05, 0.1) is 29.8 Å². The van der Waals surface area contributed by atoms with Gasteiger partial charge in [0.15, 0.2) is 0 Å². The van der Waals surface area contributed by atoms with Gasteiger partial charge < -0.3 is 14.8 Å². The first kappa shape index (κ1) is 39.3. The van der Waals surface area contributed by atoms with Gasteiger partial charge in [-0.3, -0.25) is 14.7 Å². The number of nitrogens with zero attached hydrogens (tertiary/aromatic N) is 2. The highest BCUT2D eigenvalue weighted by molar-refractivity contribution is 5.94. The Balaban J connectivity index is 1.06. The molecule has 1 aromatic heterocycles. The van der Waals surface area contributed by atoms with Crippen LogP contribution in [-0.4, -0.2) is 55.2 Å². The molecule has 5 aliphatic carbocycles. The standard InChI is InChI=1S/C51H69N3O3/c1-34-20-23-51(46(55)57-33-36-14-9-8-10-15-36)25-24-49(6)39(43(51)35(34)2)18-19-42-48(5)32-38-44(52-26-13-27-54-28-30-56-31-29-54)37-16-11-12-17-40(37)53-45(38)47(3,4)41(48)21-22-50(42,49)7/h8-12,14-18,34-35,41-43H,13,19-33H2,1-7H3,(H,52,53)/t34-,35-,41+,42-,43-,48+,49+,50-,51-/m0/s1. The number of pyridine rings is 1. The molecule has 9 atom stereocenters. The molecule has 6 nitrogen and oxygen atoms in total. The number of morpholine rings is 1. The molecule has 2 heterocycles. The van der Waals surface area contributed by atoms with Crippen LogP contribution in [0.1, 0.15) is 117 Å². The van der Waals surface area contributed by atoms with Crippen molar-refractivity contribution in [2.45, 2.75) is 118 Å². The lowest BCUT2D eigenvalue weighted by Gasteiger charge is -2.71. The number of hydrogen-bond donors (Lipinski definition) is 1. The number of anilines is 1. The van der Waals surface area contributed by atoms with Gasteiger partial charge in [0, 0.05) is 36.1 Å². The van der Waals surface area contributed by atoms with Crippen molar-refractivity contribution in [2.24, 2.45) is 51.2 Å². The largest absolute Gasteiger partial charge is 0.460 e. The van der Waals surface area contributed by atoms with E-state index in [9.17, 15) is 4.79 Å². The Bertz CT molecular complexity index is 2020. The van der Waals surface area contributed by atoms with Crippen LogP contribution >= 0.6 is 0 Å². The number of fused-ring (bicyclic) bond motifs is 9. The summed E-state index contributed by atoms with van der Waals surface area (Å²) in [5.74, 6) is 2.40. The molecule has 0 amide bonds. The molecule has 9 rings (SSSR count). The lowest BCUT2D eigenvalue weighted by molar-refractivity contribution is -0.184. The van der Waals surface area contributed by atoms with Gasteiger partial charge in [0.2, 0.25) is 0 Å². The zero-order chi connectivity index (χ0) is 39.8. The number of carbonyl (C=O) groups is 1. The maximum atomic E-state index is 14.6. The molecule has 57 heavy (non-hydrogen) atoms. The summed E-state index contributed by atoms with van der Waals surface area (Å²) in [5, 5.41) is 5.33. The molecule has 4 fully saturated rings. The maximum absolute atomic E-state index is 14.6. The van der Waals surface area contributed by atoms with Gasteiger partial charge in [0.1, 0.15) is 6.61 Å². The molecule has 3 saturated carbocycles.